The Hall–Kier alpha value is -0.870. The van der Waals surface area contributed by atoms with Gasteiger partial charge in [-0.05, 0) is 56.3 Å². The maximum atomic E-state index is 11.4. The second-order valence-corrected chi connectivity index (χ2v) is 7.88. The van der Waals surface area contributed by atoms with E-state index < -0.39 is 9.84 Å². The van der Waals surface area contributed by atoms with Crippen molar-refractivity contribution in [2.45, 2.75) is 33.1 Å². The summed E-state index contributed by atoms with van der Waals surface area (Å²) in [6.45, 7) is 6.13. The van der Waals surface area contributed by atoms with Crippen molar-refractivity contribution in [1.29, 1.82) is 0 Å². The molecule has 0 aliphatic rings. The summed E-state index contributed by atoms with van der Waals surface area (Å²) in [4.78, 5) is 0. The van der Waals surface area contributed by atoms with Gasteiger partial charge in [0.15, 0.2) is 0 Å². The zero-order valence-corrected chi connectivity index (χ0v) is 13.7. The highest BCUT2D eigenvalue weighted by atomic mass is 32.2. The van der Waals surface area contributed by atoms with Gasteiger partial charge in [0.1, 0.15) is 9.84 Å². The van der Waals surface area contributed by atoms with Crippen LogP contribution in [0.5, 0.6) is 0 Å². The topological polar surface area (TPSA) is 46.2 Å². The van der Waals surface area contributed by atoms with E-state index in [1.807, 2.05) is 6.07 Å². The predicted octanol–water partition coefficient (Wildman–Crippen LogP) is 2.59. The van der Waals surface area contributed by atoms with Gasteiger partial charge in [0.25, 0.3) is 0 Å². The quantitative estimate of drug-likeness (QED) is 0.713. The fourth-order valence-corrected chi connectivity index (χ4v) is 3.05. The molecule has 20 heavy (non-hydrogen) atoms. The number of hydrogen-bond donors (Lipinski definition) is 1. The molecule has 1 aromatic rings. The summed E-state index contributed by atoms with van der Waals surface area (Å²) in [5.74, 6) is 0.648. The molecule has 1 atom stereocenters. The first kappa shape index (κ1) is 17.2. The number of benzene rings is 1. The molecule has 0 radical (unpaired) electrons. The van der Waals surface area contributed by atoms with Gasteiger partial charge in [-0.3, -0.25) is 0 Å². The normalized spacial score (nSPS) is 13.3. The first-order chi connectivity index (χ1) is 9.42. The Morgan fingerprint density at radius 2 is 1.95 bits per heavy atom. The Labute approximate surface area is 123 Å². The van der Waals surface area contributed by atoms with E-state index in [0.29, 0.717) is 5.92 Å². The second-order valence-electron chi connectivity index (χ2n) is 5.62. The SMILES string of the molecule is CCCNCC(CCS(C)(=O)=O)Cc1ccccc1C. The monoisotopic (exact) mass is 297 g/mol. The van der Waals surface area contributed by atoms with E-state index in [1.165, 1.54) is 17.4 Å². The van der Waals surface area contributed by atoms with E-state index >= 15 is 0 Å². The summed E-state index contributed by atoms with van der Waals surface area (Å²) >= 11 is 0. The molecule has 1 rings (SSSR count). The van der Waals surface area contributed by atoms with Gasteiger partial charge in [0.05, 0.1) is 5.75 Å². The second kappa shape index (κ2) is 8.42. The lowest BCUT2D eigenvalue weighted by Gasteiger charge is -2.18. The van der Waals surface area contributed by atoms with Crippen LogP contribution in [0.2, 0.25) is 0 Å². The van der Waals surface area contributed by atoms with Crippen LogP contribution in [0.15, 0.2) is 24.3 Å². The van der Waals surface area contributed by atoms with Crippen molar-refractivity contribution in [3.63, 3.8) is 0 Å². The van der Waals surface area contributed by atoms with Crippen molar-refractivity contribution >= 4 is 9.84 Å². The summed E-state index contributed by atoms with van der Waals surface area (Å²) in [5, 5.41) is 3.42. The third-order valence-corrected chi connectivity index (χ3v) is 4.50. The largest absolute Gasteiger partial charge is 0.316 e. The Balaban J connectivity index is 2.64. The highest BCUT2D eigenvalue weighted by Gasteiger charge is 2.14. The minimum absolute atomic E-state index is 0.275. The van der Waals surface area contributed by atoms with E-state index in [-0.39, 0.29) is 5.75 Å². The standard InChI is InChI=1S/C16H27NO2S/c1-4-10-17-13-15(9-11-20(3,18)19)12-16-8-6-5-7-14(16)2/h5-8,15,17H,4,9-13H2,1-3H3. The van der Waals surface area contributed by atoms with E-state index in [9.17, 15) is 8.42 Å². The minimum Gasteiger partial charge on any atom is -0.316 e. The van der Waals surface area contributed by atoms with Crippen LogP contribution in [0, 0.1) is 12.8 Å². The molecule has 0 bridgehead atoms. The summed E-state index contributed by atoms with van der Waals surface area (Å²) < 4.78 is 22.7. The van der Waals surface area contributed by atoms with Crippen molar-refractivity contribution < 1.29 is 8.42 Å². The third kappa shape index (κ3) is 7.06. The molecule has 0 spiro atoms. The molecule has 114 valence electrons. The predicted molar refractivity (Wildman–Crippen MR) is 85.9 cm³/mol. The van der Waals surface area contributed by atoms with Crippen LogP contribution in [0.3, 0.4) is 0 Å². The average molecular weight is 297 g/mol. The van der Waals surface area contributed by atoms with Crippen LogP contribution in [-0.2, 0) is 16.3 Å². The highest BCUT2D eigenvalue weighted by molar-refractivity contribution is 7.90. The Bertz CT molecular complexity index is 497. The molecule has 0 aliphatic heterocycles. The maximum absolute atomic E-state index is 11.4. The summed E-state index contributed by atoms with van der Waals surface area (Å²) in [6.07, 6.45) is 4.09. The first-order valence-corrected chi connectivity index (χ1v) is 9.41. The Morgan fingerprint density at radius 1 is 1.25 bits per heavy atom. The van der Waals surface area contributed by atoms with Crippen molar-refractivity contribution in [3.8, 4) is 0 Å². The fourth-order valence-electron chi connectivity index (χ4n) is 2.29. The number of sulfone groups is 1. The summed E-state index contributed by atoms with van der Waals surface area (Å²) in [6, 6.07) is 8.35. The number of hydrogen-bond acceptors (Lipinski definition) is 3. The van der Waals surface area contributed by atoms with Gasteiger partial charge in [-0.15, -0.1) is 0 Å². The Kier molecular flexibility index (Phi) is 7.24. The van der Waals surface area contributed by atoms with Crippen LogP contribution in [0.25, 0.3) is 0 Å². The molecule has 0 heterocycles. The highest BCUT2D eigenvalue weighted by Crippen LogP contribution is 2.16. The molecule has 0 saturated carbocycles. The van der Waals surface area contributed by atoms with Crippen molar-refractivity contribution in [3.05, 3.63) is 35.4 Å². The van der Waals surface area contributed by atoms with Crippen molar-refractivity contribution in [2.75, 3.05) is 25.1 Å². The average Bonchev–Trinajstić information content (AvgIpc) is 2.37. The van der Waals surface area contributed by atoms with E-state index in [0.717, 1.165) is 32.4 Å². The molecule has 1 unspecified atom stereocenters. The zero-order chi connectivity index (χ0) is 15.0. The lowest BCUT2D eigenvalue weighted by Crippen LogP contribution is -2.26. The lowest BCUT2D eigenvalue weighted by atomic mass is 9.94. The minimum atomic E-state index is -2.88. The number of rotatable bonds is 9. The van der Waals surface area contributed by atoms with Crippen LogP contribution in [0.4, 0.5) is 0 Å². The maximum Gasteiger partial charge on any atom is 0.147 e. The fraction of sp³-hybridized carbons (Fsp3) is 0.625. The van der Waals surface area contributed by atoms with Gasteiger partial charge in [-0.25, -0.2) is 8.42 Å². The van der Waals surface area contributed by atoms with Gasteiger partial charge >= 0.3 is 0 Å². The molecule has 1 aromatic carbocycles. The van der Waals surface area contributed by atoms with Crippen molar-refractivity contribution in [2.24, 2.45) is 5.92 Å². The molecular formula is C16H27NO2S. The zero-order valence-electron chi connectivity index (χ0n) is 12.9. The van der Waals surface area contributed by atoms with E-state index in [4.69, 9.17) is 0 Å². The van der Waals surface area contributed by atoms with Crippen LogP contribution < -0.4 is 5.32 Å². The lowest BCUT2D eigenvalue weighted by molar-refractivity contribution is 0.458. The van der Waals surface area contributed by atoms with Gasteiger partial charge in [-0.2, -0.15) is 0 Å². The van der Waals surface area contributed by atoms with Crippen molar-refractivity contribution in [1.82, 2.24) is 5.32 Å². The third-order valence-electron chi connectivity index (χ3n) is 3.53. The van der Waals surface area contributed by atoms with Gasteiger partial charge in [-0.1, -0.05) is 31.2 Å². The van der Waals surface area contributed by atoms with Gasteiger partial charge in [0.2, 0.25) is 0 Å². The molecule has 0 saturated heterocycles. The molecule has 3 nitrogen and oxygen atoms in total. The molecular weight excluding hydrogens is 270 g/mol. The van der Waals surface area contributed by atoms with E-state index in [2.05, 4.69) is 37.4 Å². The van der Waals surface area contributed by atoms with Crippen LogP contribution >= 0.6 is 0 Å². The first-order valence-electron chi connectivity index (χ1n) is 7.35. The molecule has 0 fully saturated rings. The number of nitrogens with one attached hydrogen (secondary N) is 1. The number of aryl methyl sites for hydroxylation is 1. The molecule has 1 N–H and O–H groups in total. The molecule has 0 aromatic heterocycles. The molecule has 0 aliphatic carbocycles. The Morgan fingerprint density at radius 3 is 2.55 bits per heavy atom. The summed E-state index contributed by atoms with van der Waals surface area (Å²) in [7, 11) is -2.88. The summed E-state index contributed by atoms with van der Waals surface area (Å²) in [5.41, 5.74) is 2.61. The van der Waals surface area contributed by atoms with Crippen LogP contribution in [0.1, 0.15) is 30.9 Å². The smallest absolute Gasteiger partial charge is 0.147 e. The van der Waals surface area contributed by atoms with Gasteiger partial charge < -0.3 is 5.32 Å². The van der Waals surface area contributed by atoms with Gasteiger partial charge in [0, 0.05) is 6.26 Å². The van der Waals surface area contributed by atoms with E-state index in [1.54, 1.807) is 0 Å². The molecule has 4 heteroatoms. The molecule has 0 amide bonds. The van der Waals surface area contributed by atoms with Crippen LogP contribution in [-0.4, -0.2) is 33.5 Å².